The first-order valence-corrected chi connectivity index (χ1v) is 12.8. The van der Waals surface area contributed by atoms with Gasteiger partial charge in [0.2, 0.25) is 17.7 Å². The Bertz CT molecular complexity index is 904. The number of piperidine rings is 1. The van der Waals surface area contributed by atoms with Gasteiger partial charge in [-0.15, -0.1) is 0 Å². The highest BCUT2D eigenvalue weighted by atomic mass is 19.4. The van der Waals surface area contributed by atoms with Crippen LogP contribution in [-0.4, -0.2) is 66.7 Å². The monoisotopic (exact) mass is 547 g/mol. The Labute approximate surface area is 223 Å². The lowest BCUT2D eigenvalue weighted by Crippen LogP contribution is -2.60. The number of aliphatic imine (C=N–C) groups is 1. The zero-order valence-electron chi connectivity index (χ0n) is 23.9. The molecule has 0 radical (unpaired) electrons. The SMILES string of the molecule is C/N=C/C(CC1CCC(C)(C)NC1=O)NC(=O)C(CC(C)(C)C)NC(=O)C(NC(=O)C(F)(F)F)C(C)(C)C. The fraction of sp³-hybridized carbons (Fsp3) is 0.808. The van der Waals surface area contributed by atoms with Gasteiger partial charge in [-0.25, -0.2) is 0 Å². The molecule has 0 aromatic heterocycles. The Morgan fingerprint density at radius 3 is 2.08 bits per heavy atom. The fourth-order valence-corrected chi connectivity index (χ4v) is 4.28. The molecule has 38 heavy (non-hydrogen) atoms. The van der Waals surface area contributed by atoms with Crippen LogP contribution < -0.4 is 21.3 Å². The van der Waals surface area contributed by atoms with Gasteiger partial charge in [0.1, 0.15) is 12.1 Å². The first-order valence-electron chi connectivity index (χ1n) is 12.8. The summed E-state index contributed by atoms with van der Waals surface area (Å²) in [6.07, 6.45) is -1.77. The summed E-state index contributed by atoms with van der Waals surface area (Å²) >= 11 is 0. The van der Waals surface area contributed by atoms with Crippen LogP contribution in [-0.2, 0) is 19.2 Å². The predicted molar refractivity (Wildman–Crippen MR) is 139 cm³/mol. The molecule has 4 N–H and O–H groups in total. The third-order valence-corrected chi connectivity index (χ3v) is 6.26. The second kappa shape index (κ2) is 12.5. The molecule has 1 saturated heterocycles. The lowest BCUT2D eigenvalue weighted by molar-refractivity contribution is -0.175. The number of rotatable bonds is 9. The van der Waals surface area contributed by atoms with Crippen molar-refractivity contribution >= 4 is 29.8 Å². The molecule has 0 saturated carbocycles. The van der Waals surface area contributed by atoms with Crippen molar-refractivity contribution in [2.75, 3.05) is 7.05 Å². The summed E-state index contributed by atoms with van der Waals surface area (Å²) in [4.78, 5) is 54.7. The third kappa shape index (κ3) is 11.0. The minimum absolute atomic E-state index is 0.113. The highest BCUT2D eigenvalue weighted by Gasteiger charge is 2.44. The van der Waals surface area contributed by atoms with E-state index in [1.54, 1.807) is 5.32 Å². The van der Waals surface area contributed by atoms with E-state index in [2.05, 4.69) is 20.9 Å². The minimum atomic E-state index is -5.17. The summed E-state index contributed by atoms with van der Waals surface area (Å²) in [6.45, 7) is 14.0. The standard InChI is InChI=1S/C26H44F3N5O4/c1-23(2,3)13-17(32-21(37)18(24(4,5)6)33-22(38)26(27,28)29)20(36)31-16(14-30-9)12-15-10-11-25(7,8)34-19(15)35/h14-18H,10-13H2,1-9H3,(H,31,36)(H,32,37)(H,33,38)(H,34,35)/b30-14+. The molecular formula is C26H44F3N5O4. The average Bonchev–Trinajstić information content (AvgIpc) is 2.70. The largest absolute Gasteiger partial charge is 0.471 e. The first kappa shape index (κ1) is 33.4. The molecule has 0 spiro atoms. The number of carbonyl (C=O) groups excluding carboxylic acids is 4. The molecule has 4 unspecified atom stereocenters. The number of halogens is 3. The van der Waals surface area contributed by atoms with Crippen molar-refractivity contribution in [3.63, 3.8) is 0 Å². The molecule has 12 heteroatoms. The van der Waals surface area contributed by atoms with Crippen LogP contribution in [0.25, 0.3) is 0 Å². The zero-order chi connectivity index (χ0) is 29.7. The number of hydrogen-bond acceptors (Lipinski definition) is 5. The maximum absolute atomic E-state index is 13.4. The van der Waals surface area contributed by atoms with E-state index < -0.39 is 52.9 Å². The van der Waals surface area contributed by atoms with E-state index >= 15 is 0 Å². The molecule has 1 aliphatic heterocycles. The predicted octanol–water partition coefficient (Wildman–Crippen LogP) is 2.88. The highest BCUT2D eigenvalue weighted by molar-refractivity contribution is 5.94. The topological polar surface area (TPSA) is 129 Å². The van der Waals surface area contributed by atoms with Gasteiger partial charge in [-0.1, -0.05) is 41.5 Å². The summed E-state index contributed by atoms with van der Waals surface area (Å²) in [5, 5.41) is 10.1. The molecule has 0 aromatic carbocycles. The van der Waals surface area contributed by atoms with E-state index in [-0.39, 0.29) is 23.8 Å². The van der Waals surface area contributed by atoms with Crippen molar-refractivity contribution in [1.82, 2.24) is 21.3 Å². The van der Waals surface area contributed by atoms with Crippen LogP contribution >= 0.6 is 0 Å². The van der Waals surface area contributed by atoms with Crippen LogP contribution in [0.3, 0.4) is 0 Å². The Morgan fingerprint density at radius 2 is 1.63 bits per heavy atom. The lowest BCUT2D eigenvalue weighted by atomic mass is 9.83. The second-order valence-electron chi connectivity index (χ2n) is 13.0. The summed E-state index contributed by atoms with van der Waals surface area (Å²) < 4.78 is 38.7. The molecule has 0 bridgehead atoms. The van der Waals surface area contributed by atoms with Gasteiger partial charge in [-0.3, -0.25) is 24.2 Å². The smallest absolute Gasteiger partial charge is 0.351 e. The quantitative estimate of drug-likeness (QED) is 0.331. The summed E-state index contributed by atoms with van der Waals surface area (Å²) in [7, 11) is 1.54. The fourth-order valence-electron chi connectivity index (χ4n) is 4.28. The van der Waals surface area contributed by atoms with Gasteiger partial charge in [0.15, 0.2) is 0 Å². The van der Waals surface area contributed by atoms with E-state index in [0.29, 0.717) is 12.8 Å². The van der Waals surface area contributed by atoms with Crippen molar-refractivity contribution in [2.45, 2.75) is 111 Å². The molecule has 218 valence electrons. The average molecular weight is 548 g/mol. The zero-order valence-corrected chi connectivity index (χ0v) is 23.9. The van der Waals surface area contributed by atoms with Gasteiger partial charge >= 0.3 is 12.1 Å². The molecule has 0 aliphatic carbocycles. The van der Waals surface area contributed by atoms with Crippen LogP contribution in [0, 0.1) is 16.7 Å². The summed E-state index contributed by atoms with van der Waals surface area (Å²) in [5.74, 6) is -4.17. The van der Waals surface area contributed by atoms with Gasteiger partial charge in [-0.2, -0.15) is 13.2 Å². The molecule has 0 aromatic rings. The number of alkyl halides is 3. The van der Waals surface area contributed by atoms with Gasteiger partial charge in [0.05, 0.1) is 6.04 Å². The van der Waals surface area contributed by atoms with Crippen molar-refractivity contribution in [3.05, 3.63) is 0 Å². The molecule has 1 heterocycles. The van der Waals surface area contributed by atoms with E-state index in [1.165, 1.54) is 34.0 Å². The van der Waals surface area contributed by atoms with Crippen molar-refractivity contribution in [1.29, 1.82) is 0 Å². The summed E-state index contributed by atoms with van der Waals surface area (Å²) in [5.41, 5.74) is -1.82. The van der Waals surface area contributed by atoms with Gasteiger partial charge in [0.25, 0.3) is 0 Å². The molecule has 1 rings (SSSR count). The van der Waals surface area contributed by atoms with E-state index in [9.17, 15) is 32.3 Å². The Balaban J connectivity index is 3.11. The first-order chi connectivity index (χ1) is 17.1. The van der Waals surface area contributed by atoms with Crippen LogP contribution in [0.2, 0.25) is 0 Å². The van der Waals surface area contributed by atoms with Crippen LogP contribution in [0.5, 0.6) is 0 Å². The number of nitrogens with zero attached hydrogens (tertiary/aromatic N) is 1. The maximum Gasteiger partial charge on any atom is 0.471 e. The van der Waals surface area contributed by atoms with Gasteiger partial charge in [-0.05, 0) is 50.4 Å². The lowest BCUT2D eigenvalue weighted by Gasteiger charge is -2.36. The second-order valence-corrected chi connectivity index (χ2v) is 13.0. The number of amides is 4. The van der Waals surface area contributed by atoms with Crippen molar-refractivity contribution in [3.8, 4) is 0 Å². The van der Waals surface area contributed by atoms with Crippen LogP contribution in [0.15, 0.2) is 4.99 Å². The van der Waals surface area contributed by atoms with Crippen LogP contribution in [0.4, 0.5) is 13.2 Å². The number of hydrogen-bond donors (Lipinski definition) is 4. The third-order valence-electron chi connectivity index (χ3n) is 6.26. The number of carbonyl (C=O) groups is 4. The number of nitrogens with one attached hydrogen (secondary N) is 4. The molecule has 9 nitrogen and oxygen atoms in total. The maximum atomic E-state index is 13.4. The normalized spacial score (nSPS) is 20.7. The molecular weight excluding hydrogens is 503 g/mol. The molecule has 1 aliphatic rings. The van der Waals surface area contributed by atoms with E-state index in [0.717, 1.165) is 6.42 Å². The van der Waals surface area contributed by atoms with Crippen LogP contribution in [0.1, 0.15) is 81.1 Å². The van der Waals surface area contributed by atoms with E-state index in [4.69, 9.17) is 0 Å². The highest BCUT2D eigenvalue weighted by Crippen LogP contribution is 2.27. The summed E-state index contributed by atoms with van der Waals surface area (Å²) in [6, 6.07) is -3.26. The van der Waals surface area contributed by atoms with Gasteiger partial charge in [0, 0.05) is 24.7 Å². The van der Waals surface area contributed by atoms with Gasteiger partial charge < -0.3 is 21.3 Å². The van der Waals surface area contributed by atoms with E-state index in [1.807, 2.05) is 34.6 Å². The molecule has 4 amide bonds. The van der Waals surface area contributed by atoms with Crippen molar-refractivity contribution in [2.24, 2.45) is 21.7 Å². The Kier molecular flexibility index (Phi) is 10.9. The van der Waals surface area contributed by atoms with Crippen molar-refractivity contribution < 1.29 is 32.3 Å². The molecule has 4 atom stereocenters. The Morgan fingerprint density at radius 1 is 1.05 bits per heavy atom. The minimum Gasteiger partial charge on any atom is -0.351 e. The molecule has 1 fully saturated rings. The Hall–Kier alpha value is -2.66.